The summed E-state index contributed by atoms with van der Waals surface area (Å²) >= 11 is 0. The van der Waals surface area contributed by atoms with Gasteiger partial charge in [0.25, 0.3) is 0 Å². The standard InChI is InChI=1S/C13H15N3O2/c1-2-17-12-8-10(9-14)5-6-11(12)18-13-4-3-7-15-16-13/h3-8H,2,9,14H2,1H3. The highest BCUT2D eigenvalue weighted by Gasteiger charge is 2.07. The van der Waals surface area contributed by atoms with Crippen molar-refractivity contribution in [2.45, 2.75) is 13.5 Å². The van der Waals surface area contributed by atoms with Crippen molar-refractivity contribution in [2.75, 3.05) is 6.61 Å². The quantitative estimate of drug-likeness (QED) is 0.873. The second kappa shape index (κ2) is 5.97. The fourth-order valence-corrected chi connectivity index (χ4v) is 1.49. The monoisotopic (exact) mass is 245 g/mol. The van der Waals surface area contributed by atoms with Crippen LogP contribution < -0.4 is 15.2 Å². The molecule has 0 radical (unpaired) electrons. The Morgan fingerprint density at radius 1 is 1.22 bits per heavy atom. The third-order valence-corrected chi connectivity index (χ3v) is 2.31. The van der Waals surface area contributed by atoms with Crippen molar-refractivity contribution in [3.63, 3.8) is 0 Å². The lowest BCUT2D eigenvalue weighted by Crippen LogP contribution is -2.00. The average Bonchev–Trinajstić information content (AvgIpc) is 2.42. The van der Waals surface area contributed by atoms with Crippen molar-refractivity contribution in [2.24, 2.45) is 5.73 Å². The number of aromatic nitrogens is 2. The predicted molar refractivity (Wildman–Crippen MR) is 67.6 cm³/mol. The molecule has 18 heavy (non-hydrogen) atoms. The molecule has 2 rings (SSSR count). The lowest BCUT2D eigenvalue weighted by atomic mass is 10.2. The van der Waals surface area contributed by atoms with Gasteiger partial charge in [-0.15, -0.1) is 5.10 Å². The number of benzene rings is 1. The molecule has 0 aliphatic rings. The highest BCUT2D eigenvalue weighted by molar-refractivity contribution is 5.44. The van der Waals surface area contributed by atoms with E-state index in [-0.39, 0.29) is 0 Å². The van der Waals surface area contributed by atoms with Crippen LogP contribution in [-0.4, -0.2) is 16.8 Å². The summed E-state index contributed by atoms with van der Waals surface area (Å²) in [6.07, 6.45) is 1.59. The van der Waals surface area contributed by atoms with Gasteiger partial charge in [0.05, 0.1) is 6.61 Å². The molecule has 0 aliphatic carbocycles. The number of hydrogen-bond acceptors (Lipinski definition) is 5. The van der Waals surface area contributed by atoms with Gasteiger partial charge in [-0.2, -0.15) is 5.10 Å². The lowest BCUT2D eigenvalue weighted by Gasteiger charge is -2.11. The van der Waals surface area contributed by atoms with Crippen molar-refractivity contribution >= 4 is 0 Å². The van der Waals surface area contributed by atoms with E-state index < -0.39 is 0 Å². The summed E-state index contributed by atoms with van der Waals surface area (Å²) in [6, 6.07) is 9.09. The van der Waals surface area contributed by atoms with E-state index in [0.717, 1.165) is 5.56 Å². The van der Waals surface area contributed by atoms with Crippen LogP contribution in [0.1, 0.15) is 12.5 Å². The molecule has 0 spiro atoms. The zero-order valence-corrected chi connectivity index (χ0v) is 10.2. The van der Waals surface area contributed by atoms with Gasteiger partial charge in [-0.25, -0.2) is 0 Å². The molecule has 2 aromatic rings. The Bertz CT molecular complexity index is 503. The molecule has 5 nitrogen and oxygen atoms in total. The van der Waals surface area contributed by atoms with Crippen molar-refractivity contribution in [3.8, 4) is 17.4 Å². The fraction of sp³-hybridized carbons (Fsp3) is 0.231. The Balaban J connectivity index is 2.26. The van der Waals surface area contributed by atoms with Gasteiger partial charge >= 0.3 is 0 Å². The number of nitrogens with zero attached hydrogens (tertiary/aromatic N) is 2. The normalized spacial score (nSPS) is 10.1. The predicted octanol–water partition coefficient (Wildman–Crippen LogP) is 2.13. The molecule has 2 N–H and O–H groups in total. The molecule has 1 aromatic heterocycles. The van der Waals surface area contributed by atoms with E-state index >= 15 is 0 Å². The van der Waals surface area contributed by atoms with E-state index in [1.807, 2.05) is 25.1 Å². The molecule has 0 saturated carbocycles. The summed E-state index contributed by atoms with van der Waals surface area (Å²) in [7, 11) is 0. The molecule has 0 saturated heterocycles. The van der Waals surface area contributed by atoms with Gasteiger partial charge in [0.1, 0.15) is 0 Å². The van der Waals surface area contributed by atoms with Crippen molar-refractivity contribution in [1.29, 1.82) is 0 Å². The Labute approximate surface area is 106 Å². The maximum absolute atomic E-state index is 5.62. The Kier molecular flexibility index (Phi) is 4.09. The molecular weight excluding hydrogens is 230 g/mol. The van der Waals surface area contributed by atoms with Gasteiger partial charge in [0, 0.05) is 18.8 Å². The first kappa shape index (κ1) is 12.3. The summed E-state index contributed by atoms with van der Waals surface area (Å²) in [5, 5.41) is 7.62. The first-order valence-electron chi connectivity index (χ1n) is 5.75. The van der Waals surface area contributed by atoms with Crippen LogP contribution in [0, 0.1) is 0 Å². The first-order chi connectivity index (χ1) is 8.83. The van der Waals surface area contributed by atoms with E-state index in [1.165, 1.54) is 0 Å². The summed E-state index contributed by atoms with van der Waals surface area (Å²) in [5.41, 5.74) is 6.59. The molecule has 1 aromatic carbocycles. The van der Waals surface area contributed by atoms with Gasteiger partial charge < -0.3 is 15.2 Å². The Morgan fingerprint density at radius 2 is 2.11 bits per heavy atom. The van der Waals surface area contributed by atoms with Gasteiger partial charge in [-0.05, 0) is 30.7 Å². The van der Waals surface area contributed by atoms with Crippen LogP contribution in [0.25, 0.3) is 0 Å². The van der Waals surface area contributed by atoms with E-state index in [9.17, 15) is 0 Å². The number of rotatable bonds is 5. The third-order valence-electron chi connectivity index (χ3n) is 2.31. The molecule has 0 amide bonds. The number of ether oxygens (including phenoxy) is 2. The number of hydrogen-bond donors (Lipinski definition) is 1. The zero-order valence-electron chi connectivity index (χ0n) is 10.2. The van der Waals surface area contributed by atoms with E-state index in [4.69, 9.17) is 15.2 Å². The summed E-state index contributed by atoms with van der Waals surface area (Å²) in [5.74, 6) is 1.69. The second-order valence-corrected chi connectivity index (χ2v) is 3.58. The minimum atomic E-state index is 0.430. The Hall–Kier alpha value is -2.14. The minimum Gasteiger partial charge on any atom is -0.490 e. The van der Waals surface area contributed by atoms with E-state index in [2.05, 4.69) is 10.2 Å². The summed E-state index contributed by atoms with van der Waals surface area (Å²) in [6.45, 7) is 2.94. The molecule has 0 bridgehead atoms. The average molecular weight is 245 g/mol. The first-order valence-corrected chi connectivity index (χ1v) is 5.75. The van der Waals surface area contributed by atoms with Gasteiger partial charge in [0.2, 0.25) is 5.88 Å². The fourth-order valence-electron chi connectivity index (χ4n) is 1.49. The molecule has 94 valence electrons. The van der Waals surface area contributed by atoms with Crippen LogP contribution in [0.5, 0.6) is 17.4 Å². The molecule has 5 heteroatoms. The molecule has 0 aliphatic heterocycles. The van der Waals surface area contributed by atoms with Gasteiger partial charge in [-0.3, -0.25) is 0 Å². The maximum atomic E-state index is 5.62. The molecule has 0 atom stereocenters. The van der Waals surface area contributed by atoms with Crippen LogP contribution >= 0.6 is 0 Å². The van der Waals surface area contributed by atoms with Crippen LogP contribution in [0.3, 0.4) is 0 Å². The van der Waals surface area contributed by atoms with E-state index in [1.54, 1.807) is 18.3 Å². The Morgan fingerprint density at radius 3 is 2.78 bits per heavy atom. The molecule has 0 fully saturated rings. The smallest absolute Gasteiger partial charge is 0.239 e. The van der Waals surface area contributed by atoms with Crippen LogP contribution in [0.15, 0.2) is 36.5 Å². The van der Waals surface area contributed by atoms with Gasteiger partial charge in [0.15, 0.2) is 11.5 Å². The largest absolute Gasteiger partial charge is 0.490 e. The topological polar surface area (TPSA) is 70.3 Å². The summed E-state index contributed by atoms with van der Waals surface area (Å²) < 4.78 is 11.1. The third kappa shape index (κ3) is 2.95. The van der Waals surface area contributed by atoms with Crippen LogP contribution in [-0.2, 0) is 6.54 Å². The highest BCUT2D eigenvalue weighted by Crippen LogP contribution is 2.31. The molecular formula is C13H15N3O2. The summed E-state index contributed by atoms with van der Waals surface area (Å²) in [4.78, 5) is 0. The van der Waals surface area contributed by atoms with Crippen LogP contribution in [0.4, 0.5) is 0 Å². The van der Waals surface area contributed by atoms with Crippen molar-refractivity contribution < 1.29 is 9.47 Å². The lowest BCUT2D eigenvalue weighted by molar-refractivity contribution is 0.318. The van der Waals surface area contributed by atoms with Crippen molar-refractivity contribution in [1.82, 2.24) is 10.2 Å². The highest BCUT2D eigenvalue weighted by atomic mass is 16.5. The number of nitrogens with two attached hydrogens (primary N) is 1. The van der Waals surface area contributed by atoms with Crippen molar-refractivity contribution in [3.05, 3.63) is 42.1 Å². The second-order valence-electron chi connectivity index (χ2n) is 3.58. The molecule has 1 heterocycles. The SMILES string of the molecule is CCOc1cc(CN)ccc1Oc1cccnn1. The molecule has 0 unspecified atom stereocenters. The zero-order chi connectivity index (χ0) is 12.8. The minimum absolute atomic E-state index is 0.430. The maximum Gasteiger partial charge on any atom is 0.239 e. The van der Waals surface area contributed by atoms with Crippen LogP contribution in [0.2, 0.25) is 0 Å². The van der Waals surface area contributed by atoms with E-state index in [0.29, 0.717) is 30.5 Å². The van der Waals surface area contributed by atoms with Gasteiger partial charge in [-0.1, -0.05) is 6.07 Å².